The van der Waals surface area contributed by atoms with E-state index in [2.05, 4.69) is 14.7 Å². The van der Waals surface area contributed by atoms with Crippen LogP contribution in [0.4, 0.5) is 5.69 Å². The van der Waals surface area contributed by atoms with Gasteiger partial charge in [-0.2, -0.15) is 5.10 Å². The third-order valence-electron chi connectivity index (χ3n) is 4.95. The van der Waals surface area contributed by atoms with Crippen molar-refractivity contribution in [2.24, 2.45) is 0 Å². The van der Waals surface area contributed by atoms with Crippen LogP contribution in [0.5, 0.6) is 0 Å². The number of anilines is 1. The highest BCUT2D eigenvalue weighted by Crippen LogP contribution is 2.23. The van der Waals surface area contributed by atoms with Gasteiger partial charge < -0.3 is 4.90 Å². The summed E-state index contributed by atoms with van der Waals surface area (Å²) in [6, 6.07) is 4.02. The van der Waals surface area contributed by atoms with Crippen LogP contribution in [-0.2, 0) is 11.2 Å². The Hall–Kier alpha value is -1.93. The summed E-state index contributed by atoms with van der Waals surface area (Å²) in [4.78, 5) is 14.9. The van der Waals surface area contributed by atoms with Crippen LogP contribution in [0.2, 0.25) is 0 Å². The molecular formula is C17H23N5O2S. The van der Waals surface area contributed by atoms with Crippen molar-refractivity contribution in [3.8, 4) is 0 Å². The number of fused-ring (bicyclic) bond motifs is 1. The quantitative estimate of drug-likeness (QED) is 0.900. The molecule has 0 radical (unpaired) electrons. The van der Waals surface area contributed by atoms with Gasteiger partial charge in [-0.25, -0.2) is 13.0 Å². The Morgan fingerprint density at radius 1 is 1.08 bits per heavy atom. The minimum atomic E-state index is -1.49. The van der Waals surface area contributed by atoms with E-state index < -0.39 is 11.2 Å². The first-order valence-electron chi connectivity index (χ1n) is 8.92. The first-order chi connectivity index (χ1) is 12.2. The number of rotatable bonds is 4. The molecule has 8 heteroatoms. The van der Waals surface area contributed by atoms with Crippen LogP contribution in [-0.4, -0.2) is 50.2 Å². The summed E-state index contributed by atoms with van der Waals surface area (Å²) >= 11 is -1.49. The van der Waals surface area contributed by atoms with Gasteiger partial charge in [-0.1, -0.05) is 6.42 Å². The van der Waals surface area contributed by atoms with E-state index in [1.165, 1.54) is 12.8 Å². The summed E-state index contributed by atoms with van der Waals surface area (Å²) in [6.07, 6.45) is 9.04. The molecule has 2 aromatic rings. The molecule has 4 heterocycles. The number of piperidine rings is 1. The van der Waals surface area contributed by atoms with Crippen LogP contribution in [0.15, 0.2) is 24.5 Å². The number of carbonyl (C=O) groups is 1. The van der Waals surface area contributed by atoms with Gasteiger partial charge in [0.25, 0.3) is 5.91 Å². The molecule has 2 aromatic heterocycles. The minimum Gasteiger partial charge on any atom is -0.371 e. The van der Waals surface area contributed by atoms with Crippen molar-refractivity contribution < 1.29 is 9.00 Å². The molecule has 2 aliphatic heterocycles. The lowest BCUT2D eigenvalue weighted by Crippen LogP contribution is -2.41. The third kappa shape index (κ3) is 3.41. The average Bonchev–Trinajstić information content (AvgIpc) is 3.31. The third-order valence-corrected chi connectivity index (χ3v) is 6.14. The monoisotopic (exact) mass is 361 g/mol. The van der Waals surface area contributed by atoms with E-state index in [9.17, 15) is 9.00 Å². The number of amides is 1. The number of nitrogens with one attached hydrogen (secondary N) is 1. The van der Waals surface area contributed by atoms with Crippen molar-refractivity contribution in [2.45, 2.75) is 32.1 Å². The molecule has 0 bridgehead atoms. The van der Waals surface area contributed by atoms with Gasteiger partial charge in [0.15, 0.2) is 11.2 Å². The predicted molar refractivity (Wildman–Crippen MR) is 97.7 cm³/mol. The minimum absolute atomic E-state index is 0.336. The summed E-state index contributed by atoms with van der Waals surface area (Å²) in [5.74, 6) is -0.336. The highest BCUT2D eigenvalue weighted by Gasteiger charge is 2.21. The average molecular weight is 361 g/mol. The molecule has 25 heavy (non-hydrogen) atoms. The van der Waals surface area contributed by atoms with E-state index in [1.807, 2.05) is 22.6 Å². The summed E-state index contributed by atoms with van der Waals surface area (Å²) < 4.78 is 18.5. The molecule has 4 rings (SSSR count). The standard InChI is InChI=1S/C17H23N5O2S/c23-17(19-25(24)21-9-2-1-3-10-21)15-13-18-22-11-6-14(12-16(15)22)20-7-4-5-8-20/h6,11-13H,1-5,7-10H2,(H,19,23). The van der Waals surface area contributed by atoms with Crippen molar-refractivity contribution in [2.75, 3.05) is 31.1 Å². The Labute approximate surface area is 149 Å². The molecule has 1 amide bonds. The van der Waals surface area contributed by atoms with Crippen molar-refractivity contribution in [3.63, 3.8) is 0 Å². The zero-order chi connectivity index (χ0) is 17.2. The molecule has 134 valence electrons. The van der Waals surface area contributed by atoms with E-state index in [0.717, 1.165) is 56.6 Å². The van der Waals surface area contributed by atoms with Gasteiger partial charge in [-0.3, -0.25) is 9.52 Å². The van der Waals surface area contributed by atoms with Gasteiger partial charge in [0.1, 0.15) is 0 Å². The number of hydrogen-bond acceptors (Lipinski definition) is 4. The van der Waals surface area contributed by atoms with Gasteiger partial charge in [-0.15, -0.1) is 0 Å². The Kier molecular flexibility index (Phi) is 4.72. The smallest absolute Gasteiger partial charge is 0.267 e. The number of aromatic nitrogens is 2. The van der Waals surface area contributed by atoms with Crippen molar-refractivity contribution in [1.29, 1.82) is 0 Å². The summed E-state index contributed by atoms with van der Waals surface area (Å²) in [6.45, 7) is 3.62. The molecule has 7 nitrogen and oxygen atoms in total. The Balaban J connectivity index is 1.54. The molecule has 1 atom stereocenters. The highest BCUT2D eigenvalue weighted by molar-refractivity contribution is 7.81. The second kappa shape index (κ2) is 7.13. The maximum atomic E-state index is 12.6. The van der Waals surface area contributed by atoms with E-state index in [1.54, 1.807) is 10.7 Å². The van der Waals surface area contributed by atoms with Crippen molar-refractivity contribution >= 4 is 28.3 Å². The summed E-state index contributed by atoms with van der Waals surface area (Å²) in [5.41, 5.74) is 2.32. The largest absolute Gasteiger partial charge is 0.371 e. The van der Waals surface area contributed by atoms with Crippen LogP contribution in [0.3, 0.4) is 0 Å². The molecular weight excluding hydrogens is 338 g/mol. The van der Waals surface area contributed by atoms with Crippen LogP contribution in [0, 0.1) is 0 Å². The van der Waals surface area contributed by atoms with Gasteiger partial charge in [-0.05, 0) is 37.8 Å². The zero-order valence-corrected chi connectivity index (χ0v) is 15.0. The zero-order valence-electron chi connectivity index (χ0n) is 14.2. The first kappa shape index (κ1) is 16.5. The fourth-order valence-electron chi connectivity index (χ4n) is 3.55. The molecule has 0 saturated carbocycles. The normalized spacial score (nSPS) is 20.1. The first-order valence-corrected chi connectivity index (χ1v) is 10.0. The maximum Gasteiger partial charge on any atom is 0.267 e. The van der Waals surface area contributed by atoms with Gasteiger partial charge in [0, 0.05) is 38.1 Å². The SMILES string of the molecule is O=C(NS(=O)N1CCCCC1)c1cnn2ccc(N3CCCC3)cc12. The molecule has 0 aliphatic carbocycles. The molecule has 1 unspecified atom stereocenters. The van der Waals surface area contributed by atoms with Crippen LogP contribution < -0.4 is 9.62 Å². The molecule has 2 fully saturated rings. The lowest BCUT2D eigenvalue weighted by Gasteiger charge is -2.24. The lowest BCUT2D eigenvalue weighted by molar-refractivity contribution is 0.0982. The van der Waals surface area contributed by atoms with Crippen LogP contribution >= 0.6 is 0 Å². The molecule has 0 spiro atoms. The number of pyridine rings is 1. The summed E-state index contributed by atoms with van der Waals surface area (Å²) in [5, 5.41) is 4.25. The summed E-state index contributed by atoms with van der Waals surface area (Å²) in [7, 11) is 0. The molecule has 2 aliphatic rings. The van der Waals surface area contributed by atoms with Gasteiger partial charge >= 0.3 is 0 Å². The Morgan fingerprint density at radius 3 is 2.56 bits per heavy atom. The number of nitrogens with zero attached hydrogens (tertiary/aromatic N) is 4. The predicted octanol–water partition coefficient (Wildman–Crippen LogP) is 1.73. The van der Waals surface area contributed by atoms with Gasteiger partial charge in [0.2, 0.25) is 0 Å². The fourth-order valence-corrected chi connectivity index (χ4v) is 4.53. The van der Waals surface area contributed by atoms with Crippen molar-refractivity contribution in [1.82, 2.24) is 18.6 Å². The molecule has 0 aromatic carbocycles. The highest BCUT2D eigenvalue weighted by atomic mass is 32.2. The van der Waals surface area contributed by atoms with E-state index >= 15 is 0 Å². The van der Waals surface area contributed by atoms with E-state index in [4.69, 9.17) is 0 Å². The fraction of sp³-hybridized carbons (Fsp3) is 0.529. The number of carbonyl (C=O) groups excluding carboxylic acids is 1. The topological polar surface area (TPSA) is 70.0 Å². The van der Waals surface area contributed by atoms with E-state index in [-0.39, 0.29) is 5.91 Å². The number of hydrogen-bond donors (Lipinski definition) is 1. The van der Waals surface area contributed by atoms with Crippen LogP contribution in [0.25, 0.3) is 5.52 Å². The van der Waals surface area contributed by atoms with Gasteiger partial charge in [0.05, 0.1) is 17.3 Å². The van der Waals surface area contributed by atoms with Crippen LogP contribution in [0.1, 0.15) is 42.5 Å². The second-order valence-corrected chi connectivity index (χ2v) is 7.86. The molecule has 2 saturated heterocycles. The maximum absolute atomic E-state index is 12.6. The van der Waals surface area contributed by atoms with Crippen molar-refractivity contribution in [3.05, 3.63) is 30.1 Å². The lowest BCUT2D eigenvalue weighted by atomic mass is 10.2. The second-order valence-electron chi connectivity index (χ2n) is 6.64. The molecule has 1 N–H and O–H groups in total. The Morgan fingerprint density at radius 2 is 1.80 bits per heavy atom. The Bertz CT molecular complexity index is 793. The van der Waals surface area contributed by atoms with E-state index in [0.29, 0.717) is 5.56 Å².